The Morgan fingerprint density at radius 2 is 2.20 bits per heavy atom. The van der Waals surface area contributed by atoms with Crippen LogP contribution in [0.3, 0.4) is 0 Å². The van der Waals surface area contributed by atoms with Gasteiger partial charge in [0.25, 0.3) is 0 Å². The number of aromatic nitrogens is 4. The number of nitrogens with zero attached hydrogens (tertiary/aromatic N) is 4. The molecule has 5 heteroatoms. The molecule has 104 valence electrons. The number of imidazole rings is 1. The van der Waals surface area contributed by atoms with Crippen LogP contribution in [0.2, 0.25) is 5.15 Å². The van der Waals surface area contributed by atoms with Crippen LogP contribution in [-0.2, 0) is 6.54 Å². The van der Waals surface area contributed by atoms with Crippen molar-refractivity contribution in [2.24, 2.45) is 17.3 Å². The molecule has 0 spiro atoms. The van der Waals surface area contributed by atoms with E-state index < -0.39 is 0 Å². The van der Waals surface area contributed by atoms with Gasteiger partial charge in [-0.1, -0.05) is 37.1 Å². The smallest absolute Gasteiger partial charge is 0.165 e. The van der Waals surface area contributed by atoms with Gasteiger partial charge >= 0.3 is 0 Å². The van der Waals surface area contributed by atoms with Gasteiger partial charge in [-0.25, -0.2) is 15.0 Å². The van der Waals surface area contributed by atoms with Gasteiger partial charge in [0.2, 0.25) is 0 Å². The van der Waals surface area contributed by atoms with Crippen molar-refractivity contribution in [1.29, 1.82) is 0 Å². The molecule has 0 aliphatic heterocycles. The van der Waals surface area contributed by atoms with E-state index in [4.69, 9.17) is 11.6 Å². The van der Waals surface area contributed by atoms with Crippen LogP contribution in [0.1, 0.15) is 26.7 Å². The molecule has 0 unspecified atom stereocenters. The van der Waals surface area contributed by atoms with Gasteiger partial charge < -0.3 is 4.57 Å². The van der Waals surface area contributed by atoms with Crippen molar-refractivity contribution in [3.63, 3.8) is 0 Å². The zero-order valence-corrected chi connectivity index (χ0v) is 12.4. The predicted octanol–water partition coefficient (Wildman–Crippen LogP) is 3.47. The van der Waals surface area contributed by atoms with E-state index in [0.717, 1.165) is 18.1 Å². The lowest BCUT2D eigenvalue weighted by Crippen LogP contribution is -2.48. The van der Waals surface area contributed by atoms with E-state index in [1.54, 1.807) is 0 Å². The fourth-order valence-electron chi connectivity index (χ4n) is 3.82. The first-order valence-electron chi connectivity index (χ1n) is 7.07. The molecule has 2 atom stereocenters. The third-order valence-electron chi connectivity index (χ3n) is 5.29. The molecular formula is C15H17ClN4. The summed E-state index contributed by atoms with van der Waals surface area (Å²) in [5, 5.41) is 0.426. The van der Waals surface area contributed by atoms with Gasteiger partial charge in [-0.15, -0.1) is 0 Å². The highest BCUT2D eigenvalue weighted by molar-refractivity contribution is 6.33. The first-order valence-corrected chi connectivity index (χ1v) is 7.45. The van der Waals surface area contributed by atoms with Crippen molar-refractivity contribution in [1.82, 2.24) is 19.5 Å². The molecular weight excluding hydrogens is 272 g/mol. The van der Waals surface area contributed by atoms with Crippen LogP contribution >= 0.6 is 11.6 Å². The summed E-state index contributed by atoms with van der Waals surface area (Å²) < 4.78 is 2.09. The number of allylic oxidation sites excluding steroid dienone is 2. The zero-order chi connectivity index (χ0) is 13.9. The maximum Gasteiger partial charge on any atom is 0.165 e. The summed E-state index contributed by atoms with van der Waals surface area (Å²) in [6.07, 6.45) is 8.28. The molecule has 3 aliphatic rings. The zero-order valence-electron chi connectivity index (χ0n) is 11.7. The Bertz CT molecular complexity index is 716. The van der Waals surface area contributed by atoms with E-state index in [9.17, 15) is 0 Å². The van der Waals surface area contributed by atoms with Crippen LogP contribution in [0.4, 0.5) is 0 Å². The van der Waals surface area contributed by atoms with Crippen molar-refractivity contribution in [3.8, 4) is 0 Å². The second-order valence-corrected chi connectivity index (χ2v) is 6.89. The molecule has 4 nitrogen and oxygen atoms in total. The minimum absolute atomic E-state index is 0.426. The first kappa shape index (κ1) is 12.3. The van der Waals surface area contributed by atoms with Gasteiger partial charge in [0, 0.05) is 6.54 Å². The average Bonchev–Trinajstić information content (AvgIpc) is 2.83. The molecule has 2 aromatic heterocycles. The molecule has 1 fully saturated rings. The number of hydrogen-bond acceptors (Lipinski definition) is 3. The van der Waals surface area contributed by atoms with Gasteiger partial charge in [-0.2, -0.15) is 0 Å². The fraction of sp³-hybridized carbons (Fsp3) is 0.533. The summed E-state index contributed by atoms with van der Waals surface area (Å²) in [6.45, 7) is 5.65. The molecule has 2 bridgehead atoms. The second-order valence-electron chi connectivity index (χ2n) is 6.53. The Hall–Kier alpha value is -1.42. The van der Waals surface area contributed by atoms with Gasteiger partial charge in [0.05, 0.1) is 6.33 Å². The maximum absolute atomic E-state index is 6.05. The van der Waals surface area contributed by atoms with Crippen LogP contribution in [0.5, 0.6) is 0 Å². The van der Waals surface area contributed by atoms with Crippen molar-refractivity contribution in [2.45, 2.75) is 33.2 Å². The van der Waals surface area contributed by atoms with Gasteiger partial charge in [0.1, 0.15) is 11.8 Å². The van der Waals surface area contributed by atoms with Gasteiger partial charge in [0.15, 0.2) is 10.8 Å². The Morgan fingerprint density at radius 3 is 2.95 bits per heavy atom. The molecule has 0 amide bonds. The summed E-state index contributed by atoms with van der Waals surface area (Å²) >= 11 is 6.05. The lowest BCUT2D eigenvalue weighted by Gasteiger charge is -2.56. The highest BCUT2D eigenvalue weighted by Gasteiger charge is 2.50. The molecule has 2 aromatic rings. The molecule has 2 heterocycles. The molecule has 5 rings (SSSR count). The van der Waals surface area contributed by atoms with Gasteiger partial charge in [-0.05, 0) is 30.1 Å². The lowest BCUT2D eigenvalue weighted by molar-refractivity contribution is -0.00887. The summed E-state index contributed by atoms with van der Waals surface area (Å²) in [6, 6.07) is 0. The van der Waals surface area contributed by atoms with Crippen LogP contribution in [-0.4, -0.2) is 19.5 Å². The predicted molar refractivity (Wildman–Crippen MR) is 78.4 cm³/mol. The fourth-order valence-corrected chi connectivity index (χ4v) is 4.00. The summed E-state index contributed by atoms with van der Waals surface area (Å²) in [5.41, 5.74) is 3.49. The number of fused-ring (bicyclic) bond motifs is 2. The van der Waals surface area contributed by atoms with E-state index in [2.05, 4.69) is 39.4 Å². The Kier molecular flexibility index (Phi) is 2.49. The first-order chi connectivity index (χ1) is 9.57. The molecule has 0 radical (unpaired) electrons. The van der Waals surface area contributed by atoms with Crippen LogP contribution < -0.4 is 0 Å². The normalized spacial score (nSPS) is 27.2. The molecule has 0 aromatic carbocycles. The van der Waals surface area contributed by atoms with Gasteiger partial charge in [-0.3, -0.25) is 0 Å². The van der Waals surface area contributed by atoms with E-state index >= 15 is 0 Å². The SMILES string of the molecule is CC1(C)[C@H]2CC=C(Cn3cnc4c(Cl)ncnc43)[C@H]1C2. The highest BCUT2D eigenvalue weighted by atomic mass is 35.5. The van der Waals surface area contributed by atoms with E-state index in [1.807, 2.05) is 6.33 Å². The van der Waals surface area contributed by atoms with Crippen molar-refractivity contribution < 1.29 is 0 Å². The Morgan fingerprint density at radius 1 is 1.35 bits per heavy atom. The monoisotopic (exact) mass is 288 g/mol. The standard InChI is InChI=1S/C15H17ClN4/c1-15(2)10-4-3-9(11(15)5-10)6-20-8-19-12-13(16)17-7-18-14(12)20/h3,7-8,10-11H,4-6H2,1-2H3/t10-,11+/m0/s1. The number of halogens is 1. The summed E-state index contributed by atoms with van der Waals surface area (Å²) in [4.78, 5) is 12.6. The van der Waals surface area contributed by atoms with Crippen molar-refractivity contribution in [2.75, 3.05) is 0 Å². The second kappa shape index (κ2) is 4.04. The largest absolute Gasteiger partial charge is 0.311 e. The molecule has 0 saturated heterocycles. The van der Waals surface area contributed by atoms with E-state index in [1.165, 1.54) is 24.7 Å². The van der Waals surface area contributed by atoms with Crippen LogP contribution in [0.15, 0.2) is 24.3 Å². The quantitative estimate of drug-likeness (QED) is 0.628. The molecule has 3 aliphatic carbocycles. The van der Waals surface area contributed by atoms with Crippen LogP contribution in [0.25, 0.3) is 11.2 Å². The van der Waals surface area contributed by atoms with Crippen molar-refractivity contribution in [3.05, 3.63) is 29.5 Å². The molecule has 1 saturated carbocycles. The third-order valence-corrected chi connectivity index (χ3v) is 5.57. The molecule has 20 heavy (non-hydrogen) atoms. The summed E-state index contributed by atoms with van der Waals surface area (Å²) in [5.74, 6) is 1.57. The number of hydrogen-bond donors (Lipinski definition) is 0. The minimum Gasteiger partial charge on any atom is -0.311 e. The topological polar surface area (TPSA) is 43.6 Å². The highest BCUT2D eigenvalue weighted by Crippen LogP contribution is 2.59. The van der Waals surface area contributed by atoms with Crippen molar-refractivity contribution >= 4 is 22.8 Å². The average molecular weight is 289 g/mol. The Balaban J connectivity index is 1.69. The number of rotatable bonds is 2. The molecule has 0 N–H and O–H groups in total. The minimum atomic E-state index is 0.426. The maximum atomic E-state index is 6.05. The van der Waals surface area contributed by atoms with Crippen LogP contribution in [0, 0.1) is 17.3 Å². The third kappa shape index (κ3) is 1.57. The van der Waals surface area contributed by atoms with E-state index in [-0.39, 0.29) is 0 Å². The summed E-state index contributed by atoms with van der Waals surface area (Å²) in [7, 11) is 0. The lowest BCUT2D eigenvalue weighted by atomic mass is 9.49. The Labute approximate surface area is 122 Å². The van der Waals surface area contributed by atoms with E-state index in [0.29, 0.717) is 22.0 Å².